The summed E-state index contributed by atoms with van der Waals surface area (Å²) in [6, 6.07) is 10.1. The molecule has 1 N–H and O–H groups in total. The topological polar surface area (TPSA) is 81.2 Å². The minimum atomic E-state index is -0.540. The van der Waals surface area contributed by atoms with Crippen LogP contribution in [0.5, 0.6) is 5.75 Å². The van der Waals surface area contributed by atoms with Gasteiger partial charge in [-0.1, -0.05) is 18.2 Å². The van der Waals surface area contributed by atoms with Gasteiger partial charge in [-0.15, -0.1) is 0 Å². The number of esters is 1. The zero-order chi connectivity index (χ0) is 17.4. The molecule has 0 saturated carbocycles. The van der Waals surface area contributed by atoms with Gasteiger partial charge in [0.25, 0.3) is 5.56 Å². The number of nitrogens with one attached hydrogen (secondary N) is 1. The fraction of sp³-hybridized carbons (Fsp3) is 0.167. The molecule has 3 rings (SSSR count). The highest BCUT2D eigenvalue weighted by Crippen LogP contribution is 2.23. The molecular formula is C18H16N2O4. The van der Waals surface area contributed by atoms with Crippen molar-refractivity contribution in [3.8, 4) is 5.75 Å². The lowest BCUT2D eigenvalue weighted by Crippen LogP contribution is -2.28. The molecular weight excluding hydrogens is 308 g/mol. The second-order valence-corrected chi connectivity index (χ2v) is 5.66. The van der Waals surface area contributed by atoms with E-state index in [4.69, 9.17) is 4.74 Å². The van der Waals surface area contributed by atoms with E-state index in [0.717, 1.165) is 11.1 Å². The van der Waals surface area contributed by atoms with Crippen LogP contribution in [0.25, 0.3) is 10.9 Å². The van der Waals surface area contributed by atoms with Crippen molar-refractivity contribution in [3.63, 3.8) is 0 Å². The first kappa shape index (κ1) is 15.7. The Bertz CT molecular complexity index is 1060. The highest BCUT2D eigenvalue weighted by Gasteiger charge is 2.14. The van der Waals surface area contributed by atoms with E-state index >= 15 is 0 Å². The summed E-state index contributed by atoms with van der Waals surface area (Å²) in [6.07, 6.45) is 0. The number of para-hydroxylation sites is 1. The van der Waals surface area contributed by atoms with Crippen LogP contribution in [0.4, 0.5) is 0 Å². The Morgan fingerprint density at radius 1 is 1.08 bits per heavy atom. The van der Waals surface area contributed by atoms with Crippen molar-refractivity contribution in [1.29, 1.82) is 0 Å². The van der Waals surface area contributed by atoms with Crippen LogP contribution in [0.15, 0.2) is 46.0 Å². The molecule has 0 aliphatic carbocycles. The molecule has 0 aliphatic rings. The number of fused-ring (bicyclic) bond motifs is 1. The summed E-state index contributed by atoms with van der Waals surface area (Å²) in [4.78, 5) is 38.2. The van der Waals surface area contributed by atoms with E-state index in [1.54, 1.807) is 0 Å². The minimum absolute atomic E-state index is 0.269. The third kappa shape index (κ3) is 2.62. The van der Waals surface area contributed by atoms with Gasteiger partial charge >= 0.3 is 11.7 Å². The van der Waals surface area contributed by atoms with Crippen LogP contribution in [-0.2, 0) is 7.05 Å². The van der Waals surface area contributed by atoms with E-state index in [0.29, 0.717) is 16.7 Å². The second kappa shape index (κ2) is 5.81. The molecule has 0 bridgehead atoms. The third-order valence-corrected chi connectivity index (χ3v) is 3.97. The van der Waals surface area contributed by atoms with Crippen molar-refractivity contribution < 1.29 is 9.53 Å². The molecule has 0 fully saturated rings. The molecule has 6 nitrogen and oxygen atoms in total. The summed E-state index contributed by atoms with van der Waals surface area (Å²) >= 11 is 0. The number of aromatic nitrogens is 2. The van der Waals surface area contributed by atoms with Gasteiger partial charge in [-0.2, -0.15) is 0 Å². The number of carbonyl (C=O) groups excluding carboxylic acids is 1. The van der Waals surface area contributed by atoms with Gasteiger partial charge in [0.15, 0.2) is 0 Å². The van der Waals surface area contributed by atoms with Gasteiger partial charge < -0.3 is 4.74 Å². The van der Waals surface area contributed by atoms with Crippen molar-refractivity contribution >= 4 is 16.9 Å². The van der Waals surface area contributed by atoms with Crippen molar-refractivity contribution in [3.05, 3.63) is 73.9 Å². The first-order valence-electron chi connectivity index (χ1n) is 7.40. The fourth-order valence-corrected chi connectivity index (χ4v) is 2.60. The largest absolute Gasteiger partial charge is 0.422 e. The molecule has 24 heavy (non-hydrogen) atoms. The number of benzene rings is 2. The minimum Gasteiger partial charge on any atom is -0.422 e. The zero-order valence-electron chi connectivity index (χ0n) is 13.5. The van der Waals surface area contributed by atoms with Gasteiger partial charge in [-0.3, -0.25) is 14.3 Å². The number of hydrogen-bond acceptors (Lipinski definition) is 4. The Labute approximate surface area is 137 Å². The molecule has 0 unspecified atom stereocenters. The average molecular weight is 324 g/mol. The number of ether oxygens (including phenoxy) is 1. The van der Waals surface area contributed by atoms with Gasteiger partial charge in [0.1, 0.15) is 5.75 Å². The normalized spacial score (nSPS) is 10.8. The van der Waals surface area contributed by atoms with Crippen LogP contribution in [0.3, 0.4) is 0 Å². The van der Waals surface area contributed by atoms with Crippen LogP contribution >= 0.6 is 0 Å². The predicted octanol–water partition coefficient (Wildman–Crippen LogP) is 2.06. The second-order valence-electron chi connectivity index (χ2n) is 5.66. The van der Waals surface area contributed by atoms with Gasteiger partial charge in [0, 0.05) is 7.05 Å². The maximum atomic E-state index is 12.4. The number of aromatic amines is 1. The van der Waals surface area contributed by atoms with Crippen molar-refractivity contribution in [2.75, 3.05) is 0 Å². The third-order valence-electron chi connectivity index (χ3n) is 3.97. The Morgan fingerprint density at radius 3 is 2.42 bits per heavy atom. The van der Waals surface area contributed by atoms with Gasteiger partial charge in [-0.05, 0) is 43.2 Å². The summed E-state index contributed by atoms with van der Waals surface area (Å²) in [6.45, 7) is 3.72. The van der Waals surface area contributed by atoms with E-state index in [1.807, 2.05) is 32.0 Å². The maximum absolute atomic E-state index is 12.4. The number of aryl methyl sites for hydroxylation is 3. The Kier molecular flexibility index (Phi) is 3.81. The molecule has 0 amide bonds. The molecule has 0 atom stereocenters. The smallest absolute Gasteiger partial charge is 0.343 e. The molecule has 2 aromatic carbocycles. The van der Waals surface area contributed by atoms with Gasteiger partial charge in [0.2, 0.25) is 0 Å². The SMILES string of the molecule is Cc1cccc(C)c1OC(=O)c1ccc2c(=O)[nH]c(=O)n(C)c2c1. The number of carbonyl (C=O) groups is 1. The molecule has 1 heterocycles. The fourth-order valence-electron chi connectivity index (χ4n) is 2.60. The summed E-state index contributed by atoms with van der Waals surface area (Å²) in [5.41, 5.74) is 1.34. The number of H-pyrrole nitrogens is 1. The van der Waals surface area contributed by atoms with E-state index in [2.05, 4.69) is 4.98 Å². The Balaban J connectivity index is 2.07. The van der Waals surface area contributed by atoms with Crippen LogP contribution in [-0.4, -0.2) is 15.5 Å². The van der Waals surface area contributed by atoms with E-state index < -0.39 is 17.2 Å². The van der Waals surface area contributed by atoms with Crippen molar-refractivity contribution in [1.82, 2.24) is 9.55 Å². The summed E-state index contributed by atoms with van der Waals surface area (Å²) in [5, 5.41) is 0.334. The average Bonchev–Trinajstić information content (AvgIpc) is 2.55. The standard InChI is InChI=1S/C18H16N2O4/c1-10-5-4-6-11(2)15(10)24-17(22)12-7-8-13-14(9-12)20(3)18(23)19-16(13)21/h4-9H,1-3H3,(H,19,21,23). The van der Waals surface area contributed by atoms with Gasteiger partial charge in [-0.25, -0.2) is 9.59 Å². The molecule has 0 aliphatic heterocycles. The van der Waals surface area contributed by atoms with Crippen LogP contribution < -0.4 is 16.0 Å². The quantitative estimate of drug-likeness (QED) is 0.578. The van der Waals surface area contributed by atoms with Crippen LogP contribution in [0, 0.1) is 13.8 Å². The van der Waals surface area contributed by atoms with Crippen molar-refractivity contribution in [2.24, 2.45) is 7.05 Å². The molecule has 1 aromatic heterocycles. The first-order chi connectivity index (χ1) is 11.4. The first-order valence-corrected chi connectivity index (χ1v) is 7.40. The molecule has 122 valence electrons. The lowest BCUT2D eigenvalue weighted by atomic mass is 10.1. The molecule has 0 spiro atoms. The maximum Gasteiger partial charge on any atom is 0.343 e. The van der Waals surface area contributed by atoms with Crippen LogP contribution in [0.2, 0.25) is 0 Å². The number of rotatable bonds is 2. The summed E-state index contributed by atoms with van der Waals surface area (Å²) in [7, 11) is 1.53. The van der Waals surface area contributed by atoms with E-state index in [1.165, 1.54) is 29.8 Å². The van der Waals surface area contributed by atoms with E-state index in [-0.39, 0.29) is 5.56 Å². The Hall–Kier alpha value is -3.15. The molecule has 6 heteroatoms. The van der Waals surface area contributed by atoms with Gasteiger partial charge in [0.05, 0.1) is 16.5 Å². The highest BCUT2D eigenvalue weighted by molar-refractivity contribution is 5.95. The molecule has 0 saturated heterocycles. The molecule has 3 aromatic rings. The lowest BCUT2D eigenvalue weighted by molar-refractivity contribution is 0.0732. The summed E-state index contributed by atoms with van der Waals surface area (Å²) < 4.78 is 6.78. The number of nitrogens with zero attached hydrogens (tertiary/aromatic N) is 1. The Morgan fingerprint density at radius 2 is 1.75 bits per heavy atom. The van der Waals surface area contributed by atoms with E-state index in [9.17, 15) is 14.4 Å². The summed E-state index contributed by atoms with van der Waals surface area (Å²) in [5.74, 6) is -0.0237. The monoisotopic (exact) mass is 324 g/mol. The van der Waals surface area contributed by atoms with Crippen LogP contribution in [0.1, 0.15) is 21.5 Å². The zero-order valence-corrected chi connectivity index (χ0v) is 13.5. The lowest BCUT2D eigenvalue weighted by Gasteiger charge is -2.11. The molecule has 0 radical (unpaired) electrons. The predicted molar refractivity (Wildman–Crippen MR) is 90.7 cm³/mol. The highest BCUT2D eigenvalue weighted by atomic mass is 16.5. The van der Waals surface area contributed by atoms with Crippen molar-refractivity contribution in [2.45, 2.75) is 13.8 Å². The number of hydrogen-bond donors (Lipinski definition) is 1.